The summed E-state index contributed by atoms with van der Waals surface area (Å²) >= 11 is 0. The number of hydrogen-bond acceptors (Lipinski definition) is 4. The first-order valence-electron chi connectivity index (χ1n) is 8.59. The molecule has 0 fully saturated rings. The fourth-order valence-corrected chi connectivity index (χ4v) is 2.52. The van der Waals surface area contributed by atoms with Gasteiger partial charge in [-0.3, -0.25) is 4.79 Å². The van der Waals surface area contributed by atoms with Gasteiger partial charge in [-0.15, -0.1) is 0 Å². The maximum atomic E-state index is 12.0. The Hall–Kier alpha value is -2.27. The van der Waals surface area contributed by atoms with Gasteiger partial charge in [0.2, 0.25) is 5.91 Å². The summed E-state index contributed by atoms with van der Waals surface area (Å²) in [6.07, 6.45) is 1.70. The lowest BCUT2D eigenvalue weighted by Gasteiger charge is -2.20. The SMILES string of the molecule is Cc1nccc(CNC(=O)CC[C@H](O)c2ccc(C(C)(C)C)cc2)n1. The molecule has 2 rings (SSSR count). The molecule has 0 unspecified atom stereocenters. The van der Waals surface area contributed by atoms with Gasteiger partial charge in [0.15, 0.2) is 0 Å². The number of aliphatic hydroxyl groups is 1. The van der Waals surface area contributed by atoms with Crippen molar-refractivity contribution in [2.75, 3.05) is 0 Å². The largest absolute Gasteiger partial charge is 0.388 e. The molecule has 2 aromatic rings. The van der Waals surface area contributed by atoms with Crippen LogP contribution in [-0.4, -0.2) is 21.0 Å². The van der Waals surface area contributed by atoms with E-state index in [1.807, 2.05) is 31.2 Å². The molecule has 5 heteroatoms. The number of amides is 1. The summed E-state index contributed by atoms with van der Waals surface area (Å²) in [4.78, 5) is 20.2. The summed E-state index contributed by atoms with van der Waals surface area (Å²) in [6, 6.07) is 9.73. The third-order valence-electron chi connectivity index (χ3n) is 4.11. The van der Waals surface area contributed by atoms with Crippen molar-refractivity contribution in [3.05, 3.63) is 59.2 Å². The molecular formula is C20H27N3O2. The van der Waals surface area contributed by atoms with Crippen LogP contribution < -0.4 is 5.32 Å². The Labute approximate surface area is 149 Å². The van der Waals surface area contributed by atoms with Crippen LogP contribution >= 0.6 is 0 Å². The molecule has 0 aliphatic carbocycles. The van der Waals surface area contributed by atoms with Gasteiger partial charge >= 0.3 is 0 Å². The molecule has 1 aromatic carbocycles. The number of aromatic nitrogens is 2. The molecule has 2 N–H and O–H groups in total. The third kappa shape index (κ3) is 5.94. The number of nitrogens with one attached hydrogen (secondary N) is 1. The van der Waals surface area contributed by atoms with E-state index in [-0.39, 0.29) is 17.7 Å². The molecule has 5 nitrogen and oxygen atoms in total. The second-order valence-electron chi connectivity index (χ2n) is 7.30. The quantitative estimate of drug-likeness (QED) is 0.846. The van der Waals surface area contributed by atoms with Crippen molar-refractivity contribution in [2.24, 2.45) is 0 Å². The molecule has 0 spiro atoms. The van der Waals surface area contributed by atoms with Gasteiger partial charge in [-0.1, -0.05) is 45.0 Å². The Morgan fingerprint density at radius 2 is 1.88 bits per heavy atom. The van der Waals surface area contributed by atoms with E-state index in [4.69, 9.17) is 0 Å². The van der Waals surface area contributed by atoms with Crippen molar-refractivity contribution in [3.8, 4) is 0 Å². The molecule has 1 aromatic heterocycles. The number of aryl methyl sites for hydroxylation is 1. The third-order valence-corrected chi connectivity index (χ3v) is 4.11. The minimum atomic E-state index is -0.638. The van der Waals surface area contributed by atoms with E-state index < -0.39 is 6.10 Å². The van der Waals surface area contributed by atoms with Gasteiger partial charge < -0.3 is 10.4 Å². The molecule has 25 heavy (non-hydrogen) atoms. The van der Waals surface area contributed by atoms with Crippen molar-refractivity contribution in [2.45, 2.75) is 58.6 Å². The number of hydrogen-bond donors (Lipinski definition) is 2. The second kappa shape index (κ2) is 8.21. The van der Waals surface area contributed by atoms with E-state index in [9.17, 15) is 9.90 Å². The van der Waals surface area contributed by atoms with Gasteiger partial charge in [0.05, 0.1) is 18.3 Å². The van der Waals surface area contributed by atoms with Gasteiger partial charge in [-0.25, -0.2) is 9.97 Å². The minimum absolute atomic E-state index is 0.0860. The van der Waals surface area contributed by atoms with E-state index in [0.29, 0.717) is 18.8 Å². The standard InChI is InChI=1S/C20H27N3O2/c1-14-21-12-11-17(23-14)13-22-19(25)10-9-18(24)15-5-7-16(8-6-15)20(2,3)4/h5-8,11-12,18,24H,9-10,13H2,1-4H3,(H,22,25)/t18-/m0/s1. The van der Waals surface area contributed by atoms with Gasteiger partial charge in [0, 0.05) is 12.6 Å². The van der Waals surface area contributed by atoms with Crippen molar-refractivity contribution < 1.29 is 9.90 Å². The van der Waals surface area contributed by atoms with Crippen LogP contribution in [0.4, 0.5) is 0 Å². The fraction of sp³-hybridized carbons (Fsp3) is 0.450. The van der Waals surface area contributed by atoms with Crippen LogP contribution in [0.3, 0.4) is 0 Å². The molecule has 0 bridgehead atoms. The molecular weight excluding hydrogens is 314 g/mol. The van der Waals surface area contributed by atoms with E-state index >= 15 is 0 Å². The number of benzene rings is 1. The minimum Gasteiger partial charge on any atom is -0.388 e. The molecule has 0 saturated carbocycles. The van der Waals surface area contributed by atoms with Gasteiger partial charge in [-0.2, -0.15) is 0 Å². The first-order chi connectivity index (χ1) is 11.8. The first kappa shape index (κ1) is 19.1. The first-order valence-corrected chi connectivity index (χ1v) is 8.59. The lowest BCUT2D eigenvalue weighted by molar-refractivity contribution is -0.121. The Morgan fingerprint density at radius 1 is 1.20 bits per heavy atom. The lowest BCUT2D eigenvalue weighted by Crippen LogP contribution is -2.23. The summed E-state index contributed by atoms with van der Waals surface area (Å²) in [5, 5.41) is 13.1. The van der Waals surface area contributed by atoms with E-state index in [0.717, 1.165) is 11.3 Å². The van der Waals surface area contributed by atoms with Gasteiger partial charge in [0.1, 0.15) is 5.82 Å². The Morgan fingerprint density at radius 3 is 2.48 bits per heavy atom. The summed E-state index contributed by atoms with van der Waals surface area (Å²) in [7, 11) is 0. The zero-order valence-electron chi connectivity index (χ0n) is 15.4. The maximum Gasteiger partial charge on any atom is 0.220 e. The Kier molecular flexibility index (Phi) is 6.26. The van der Waals surface area contributed by atoms with Crippen LogP contribution in [0.2, 0.25) is 0 Å². The van der Waals surface area contributed by atoms with E-state index in [2.05, 4.69) is 36.1 Å². The molecule has 0 aliphatic rings. The topological polar surface area (TPSA) is 75.1 Å². The summed E-state index contributed by atoms with van der Waals surface area (Å²) < 4.78 is 0. The molecule has 1 amide bonds. The normalized spacial score (nSPS) is 12.7. The van der Waals surface area contributed by atoms with Crippen molar-refractivity contribution in [3.63, 3.8) is 0 Å². The highest BCUT2D eigenvalue weighted by atomic mass is 16.3. The van der Waals surface area contributed by atoms with Crippen molar-refractivity contribution in [1.29, 1.82) is 0 Å². The van der Waals surface area contributed by atoms with Crippen LogP contribution in [0.5, 0.6) is 0 Å². The zero-order chi connectivity index (χ0) is 18.4. The average molecular weight is 341 g/mol. The smallest absolute Gasteiger partial charge is 0.220 e. The number of carbonyl (C=O) groups excluding carboxylic acids is 1. The fourth-order valence-electron chi connectivity index (χ4n) is 2.52. The number of aliphatic hydroxyl groups excluding tert-OH is 1. The lowest BCUT2D eigenvalue weighted by atomic mass is 9.86. The van der Waals surface area contributed by atoms with Crippen LogP contribution in [0, 0.1) is 6.92 Å². The number of nitrogens with zero attached hydrogens (tertiary/aromatic N) is 2. The van der Waals surface area contributed by atoms with Crippen LogP contribution in [0.25, 0.3) is 0 Å². The highest BCUT2D eigenvalue weighted by molar-refractivity contribution is 5.75. The Bertz CT molecular complexity index is 706. The van der Waals surface area contributed by atoms with Gasteiger partial charge in [0.25, 0.3) is 0 Å². The summed E-state index contributed by atoms with van der Waals surface area (Å²) in [5.74, 6) is 0.586. The molecule has 1 atom stereocenters. The average Bonchev–Trinajstić information content (AvgIpc) is 2.57. The van der Waals surface area contributed by atoms with Crippen molar-refractivity contribution >= 4 is 5.91 Å². The number of carbonyl (C=O) groups is 1. The Balaban J connectivity index is 1.80. The molecule has 134 valence electrons. The molecule has 1 heterocycles. The molecule has 0 saturated heterocycles. The van der Waals surface area contributed by atoms with Crippen molar-refractivity contribution in [1.82, 2.24) is 15.3 Å². The maximum absolute atomic E-state index is 12.0. The number of rotatable bonds is 6. The highest BCUT2D eigenvalue weighted by Crippen LogP contribution is 2.25. The van der Waals surface area contributed by atoms with Crippen LogP contribution in [0.1, 0.15) is 62.4 Å². The van der Waals surface area contributed by atoms with Gasteiger partial charge in [-0.05, 0) is 36.0 Å². The second-order valence-corrected chi connectivity index (χ2v) is 7.30. The molecule has 0 aliphatic heterocycles. The van der Waals surface area contributed by atoms with E-state index in [1.165, 1.54) is 5.56 Å². The predicted molar refractivity (Wildman–Crippen MR) is 98.0 cm³/mol. The summed E-state index contributed by atoms with van der Waals surface area (Å²) in [6.45, 7) is 8.65. The summed E-state index contributed by atoms with van der Waals surface area (Å²) in [5.41, 5.74) is 2.93. The van der Waals surface area contributed by atoms with Crippen LogP contribution in [-0.2, 0) is 16.8 Å². The molecule has 0 radical (unpaired) electrons. The van der Waals surface area contributed by atoms with E-state index in [1.54, 1.807) is 12.3 Å². The predicted octanol–water partition coefficient (Wildman–Crippen LogP) is 3.21. The zero-order valence-corrected chi connectivity index (χ0v) is 15.4. The van der Waals surface area contributed by atoms with Crippen LogP contribution in [0.15, 0.2) is 36.5 Å². The monoisotopic (exact) mass is 341 g/mol. The highest BCUT2D eigenvalue weighted by Gasteiger charge is 2.15.